The maximum absolute atomic E-state index is 12.8. The Morgan fingerprint density at radius 2 is 1.90 bits per heavy atom. The monoisotopic (exact) mass is 387 g/mol. The summed E-state index contributed by atoms with van der Waals surface area (Å²) in [5.41, 5.74) is 2.69. The Hall–Kier alpha value is -3.31. The topological polar surface area (TPSA) is 51.9 Å². The highest BCUT2D eigenvalue weighted by atomic mass is 16.5. The van der Waals surface area contributed by atoms with E-state index in [4.69, 9.17) is 13.9 Å². The van der Waals surface area contributed by atoms with Crippen LogP contribution in [0.15, 0.2) is 64.8 Å². The van der Waals surface area contributed by atoms with Crippen LogP contribution in [0.2, 0.25) is 0 Å². The molecule has 146 valence electrons. The molecular formula is C24H21NO4. The number of Topliss-reactive ketones (excluding diaryl/α,β-unsaturated/α-hetero) is 1. The number of ketones is 1. The van der Waals surface area contributed by atoms with Gasteiger partial charge in [-0.25, -0.2) is 0 Å². The SMILES string of the molecule is Cc1ccc(/C=C2\Oc3c(ccc4c3CN(C(C)c3ccccc3)CO4)C2=O)o1. The van der Waals surface area contributed by atoms with Crippen LogP contribution in [-0.2, 0) is 6.54 Å². The van der Waals surface area contributed by atoms with E-state index in [9.17, 15) is 4.79 Å². The molecule has 2 aromatic carbocycles. The van der Waals surface area contributed by atoms with Crippen LogP contribution in [-0.4, -0.2) is 17.4 Å². The number of rotatable bonds is 3. The lowest BCUT2D eigenvalue weighted by molar-refractivity contribution is 0.0606. The summed E-state index contributed by atoms with van der Waals surface area (Å²) in [6.07, 6.45) is 1.65. The first-order chi connectivity index (χ1) is 14.1. The van der Waals surface area contributed by atoms with Crippen molar-refractivity contribution in [2.45, 2.75) is 26.4 Å². The fraction of sp³-hybridized carbons (Fsp3) is 0.208. The zero-order valence-electron chi connectivity index (χ0n) is 16.3. The third-order valence-corrected chi connectivity index (χ3v) is 5.51. The lowest BCUT2D eigenvalue weighted by atomic mass is 10.0. The molecule has 2 aliphatic rings. The van der Waals surface area contributed by atoms with Gasteiger partial charge in [0.2, 0.25) is 5.78 Å². The summed E-state index contributed by atoms with van der Waals surface area (Å²) in [5, 5.41) is 0. The van der Waals surface area contributed by atoms with Crippen molar-refractivity contribution in [1.29, 1.82) is 0 Å². The smallest absolute Gasteiger partial charge is 0.232 e. The van der Waals surface area contributed by atoms with E-state index < -0.39 is 0 Å². The van der Waals surface area contributed by atoms with Crippen LogP contribution < -0.4 is 9.47 Å². The van der Waals surface area contributed by atoms with Gasteiger partial charge in [-0.3, -0.25) is 9.69 Å². The number of fused-ring (bicyclic) bond motifs is 3. The number of ether oxygens (including phenoxy) is 2. The molecule has 0 spiro atoms. The Kier molecular flexibility index (Phi) is 4.25. The second kappa shape index (κ2) is 6.94. The summed E-state index contributed by atoms with van der Waals surface area (Å²) in [7, 11) is 0. The number of carbonyl (C=O) groups excluding carboxylic acids is 1. The molecule has 5 rings (SSSR count). The van der Waals surface area contributed by atoms with Crippen LogP contribution in [0, 0.1) is 6.92 Å². The average molecular weight is 387 g/mol. The number of nitrogens with zero attached hydrogens (tertiary/aromatic N) is 1. The molecule has 29 heavy (non-hydrogen) atoms. The van der Waals surface area contributed by atoms with Gasteiger partial charge < -0.3 is 13.9 Å². The number of benzene rings is 2. The van der Waals surface area contributed by atoms with Crippen molar-refractivity contribution in [3.63, 3.8) is 0 Å². The van der Waals surface area contributed by atoms with Gasteiger partial charge in [0.05, 0.1) is 11.1 Å². The maximum atomic E-state index is 12.8. The van der Waals surface area contributed by atoms with E-state index in [-0.39, 0.29) is 17.6 Å². The molecule has 0 saturated heterocycles. The van der Waals surface area contributed by atoms with Crippen molar-refractivity contribution in [2.24, 2.45) is 0 Å². The standard InChI is InChI=1S/C24H21NO4/c1-15-8-9-18(28-15)12-22-23(26)19-10-11-21-20(24(19)29-22)13-25(14-27-21)16(2)17-6-4-3-5-7-17/h3-12,16H,13-14H2,1-2H3/b22-12-. The van der Waals surface area contributed by atoms with Gasteiger partial charge in [0.1, 0.15) is 29.8 Å². The number of carbonyl (C=O) groups is 1. The van der Waals surface area contributed by atoms with Crippen LogP contribution in [0.1, 0.15) is 46.0 Å². The minimum absolute atomic E-state index is 0.134. The zero-order valence-corrected chi connectivity index (χ0v) is 16.3. The molecule has 0 aliphatic carbocycles. The highest BCUT2D eigenvalue weighted by Crippen LogP contribution is 2.43. The summed E-state index contributed by atoms with van der Waals surface area (Å²) in [6, 6.07) is 17.8. The van der Waals surface area contributed by atoms with Gasteiger partial charge in [-0.15, -0.1) is 0 Å². The van der Waals surface area contributed by atoms with Gasteiger partial charge in [-0.2, -0.15) is 0 Å². The van der Waals surface area contributed by atoms with Gasteiger partial charge in [-0.1, -0.05) is 30.3 Å². The van der Waals surface area contributed by atoms with Crippen molar-refractivity contribution in [3.8, 4) is 11.5 Å². The molecule has 0 fully saturated rings. The summed E-state index contributed by atoms with van der Waals surface area (Å²) in [6.45, 7) is 5.16. The maximum Gasteiger partial charge on any atom is 0.232 e. The van der Waals surface area contributed by atoms with Gasteiger partial charge in [0, 0.05) is 18.7 Å². The molecule has 3 heterocycles. The van der Waals surface area contributed by atoms with Gasteiger partial charge in [0.15, 0.2) is 5.76 Å². The van der Waals surface area contributed by atoms with Crippen molar-refractivity contribution in [1.82, 2.24) is 4.90 Å². The number of hydrogen-bond acceptors (Lipinski definition) is 5. The molecule has 0 N–H and O–H groups in total. The van der Waals surface area contributed by atoms with Crippen molar-refractivity contribution < 1.29 is 18.7 Å². The molecule has 1 atom stereocenters. The van der Waals surface area contributed by atoms with Crippen molar-refractivity contribution in [3.05, 3.63) is 88.6 Å². The van der Waals surface area contributed by atoms with E-state index in [1.165, 1.54) is 5.56 Å². The normalized spacial score (nSPS) is 18.1. The van der Waals surface area contributed by atoms with Gasteiger partial charge in [-0.05, 0) is 43.7 Å². The van der Waals surface area contributed by atoms with E-state index in [0.29, 0.717) is 30.3 Å². The Labute approximate surface area is 169 Å². The van der Waals surface area contributed by atoms with Gasteiger partial charge in [0.25, 0.3) is 0 Å². The Morgan fingerprint density at radius 1 is 1.07 bits per heavy atom. The van der Waals surface area contributed by atoms with E-state index in [0.717, 1.165) is 17.1 Å². The first-order valence-electron chi connectivity index (χ1n) is 9.68. The van der Waals surface area contributed by atoms with Crippen LogP contribution >= 0.6 is 0 Å². The molecule has 0 amide bonds. The van der Waals surface area contributed by atoms with E-state index >= 15 is 0 Å². The second-order valence-corrected chi connectivity index (χ2v) is 7.41. The Bertz CT molecular complexity index is 1110. The average Bonchev–Trinajstić information content (AvgIpc) is 3.31. The summed E-state index contributed by atoms with van der Waals surface area (Å²) >= 11 is 0. The lowest BCUT2D eigenvalue weighted by Crippen LogP contribution is -2.34. The number of hydrogen-bond donors (Lipinski definition) is 0. The molecule has 5 heteroatoms. The Balaban J connectivity index is 1.46. The first-order valence-corrected chi connectivity index (χ1v) is 9.68. The number of furan rings is 1. The predicted molar refractivity (Wildman–Crippen MR) is 109 cm³/mol. The predicted octanol–water partition coefficient (Wildman–Crippen LogP) is 5.12. The van der Waals surface area contributed by atoms with Crippen LogP contribution in [0.5, 0.6) is 11.5 Å². The van der Waals surface area contributed by atoms with Crippen LogP contribution in [0.25, 0.3) is 6.08 Å². The molecule has 3 aromatic rings. The fourth-order valence-corrected chi connectivity index (χ4v) is 3.83. The Morgan fingerprint density at radius 3 is 2.66 bits per heavy atom. The molecule has 0 radical (unpaired) electrons. The number of allylic oxidation sites excluding steroid dienone is 1. The molecule has 1 aromatic heterocycles. The third-order valence-electron chi connectivity index (χ3n) is 5.51. The molecule has 1 unspecified atom stereocenters. The summed E-state index contributed by atoms with van der Waals surface area (Å²) < 4.78 is 17.6. The van der Waals surface area contributed by atoms with E-state index in [1.54, 1.807) is 12.1 Å². The number of aryl methyl sites for hydroxylation is 1. The highest BCUT2D eigenvalue weighted by molar-refractivity contribution is 6.14. The van der Waals surface area contributed by atoms with Gasteiger partial charge >= 0.3 is 0 Å². The highest BCUT2D eigenvalue weighted by Gasteiger charge is 2.34. The molecule has 5 nitrogen and oxygen atoms in total. The minimum atomic E-state index is -0.134. The molecule has 0 saturated carbocycles. The largest absolute Gasteiger partial charge is 0.478 e. The molecule has 0 bridgehead atoms. The zero-order chi connectivity index (χ0) is 20.0. The van der Waals surface area contributed by atoms with Crippen molar-refractivity contribution >= 4 is 11.9 Å². The van der Waals surface area contributed by atoms with Crippen molar-refractivity contribution in [2.75, 3.05) is 6.73 Å². The van der Waals surface area contributed by atoms with Crippen LogP contribution in [0.4, 0.5) is 0 Å². The van der Waals surface area contributed by atoms with Crippen LogP contribution in [0.3, 0.4) is 0 Å². The molecule has 2 aliphatic heterocycles. The molecular weight excluding hydrogens is 366 g/mol. The fourth-order valence-electron chi connectivity index (χ4n) is 3.83. The quantitative estimate of drug-likeness (QED) is 0.584. The van der Waals surface area contributed by atoms with E-state index in [2.05, 4.69) is 24.0 Å². The first kappa shape index (κ1) is 17.8. The van der Waals surface area contributed by atoms with E-state index in [1.807, 2.05) is 43.3 Å². The second-order valence-electron chi connectivity index (χ2n) is 7.41. The summed E-state index contributed by atoms with van der Waals surface area (Å²) in [5.74, 6) is 2.88. The third kappa shape index (κ3) is 3.13. The summed E-state index contributed by atoms with van der Waals surface area (Å²) in [4.78, 5) is 15.1. The lowest BCUT2D eigenvalue weighted by Gasteiger charge is -2.34. The minimum Gasteiger partial charge on any atom is -0.478 e.